The third-order valence-corrected chi connectivity index (χ3v) is 3.14. The molecule has 20 heavy (non-hydrogen) atoms. The van der Waals surface area contributed by atoms with E-state index in [-0.39, 0.29) is 0 Å². The molecule has 1 rings (SSSR count). The van der Waals surface area contributed by atoms with Crippen molar-refractivity contribution in [3.05, 3.63) is 24.3 Å². The number of hydrogen-bond acceptors (Lipinski definition) is 5. The van der Waals surface area contributed by atoms with Crippen molar-refractivity contribution < 1.29 is 14.2 Å². The molecule has 5 heteroatoms. The minimum absolute atomic E-state index is 0.338. The second kappa shape index (κ2) is 9.58. The molecular formula is C15H26N2O3. The number of rotatable bonds is 10. The standard InChI is InChI=1S/C15H26N2O3/c1-13(12-19-3)17(8-10-18-2)9-11-20-15-6-4-14(16)5-7-15/h4-7,13H,8-12,16H2,1-3H3. The first-order valence-corrected chi connectivity index (χ1v) is 6.87. The summed E-state index contributed by atoms with van der Waals surface area (Å²) in [5.74, 6) is 0.838. The van der Waals surface area contributed by atoms with E-state index in [1.165, 1.54) is 0 Å². The van der Waals surface area contributed by atoms with Gasteiger partial charge in [-0.1, -0.05) is 0 Å². The van der Waals surface area contributed by atoms with Crippen LogP contribution in [0.3, 0.4) is 0 Å². The van der Waals surface area contributed by atoms with Crippen LogP contribution in [0.4, 0.5) is 5.69 Å². The zero-order valence-electron chi connectivity index (χ0n) is 12.7. The van der Waals surface area contributed by atoms with Gasteiger partial charge in [0, 0.05) is 39.0 Å². The minimum Gasteiger partial charge on any atom is -0.492 e. The Balaban J connectivity index is 2.38. The van der Waals surface area contributed by atoms with Crippen LogP contribution in [0.25, 0.3) is 0 Å². The van der Waals surface area contributed by atoms with E-state index in [0.29, 0.717) is 25.9 Å². The van der Waals surface area contributed by atoms with Crippen LogP contribution in [0.15, 0.2) is 24.3 Å². The number of nitrogen functional groups attached to an aromatic ring is 1. The molecule has 0 saturated carbocycles. The molecule has 0 saturated heterocycles. The molecule has 1 aromatic carbocycles. The summed E-state index contributed by atoms with van der Waals surface area (Å²) in [6, 6.07) is 7.78. The number of anilines is 1. The third-order valence-electron chi connectivity index (χ3n) is 3.14. The molecule has 0 spiro atoms. The monoisotopic (exact) mass is 282 g/mol. The Kier molecular flexibility index (Phi) is 8.02. The highest BCUT2D eigenvalue weighted by Gasteiger charge is 2.13. The molecule has 0 fully saturated rings. The highest BCUT2D eigenvalue weighted by molar-refractivity contribution is 5.41. The van der Waals surface area contributed by atoms with Crippen molar-refractivity contribution in [3.8, 4) is 5.75 Å². The molecule has 0 amide bonds. The maximum Gasteiger partial charge on any atom is 0.119 e. The molecule has 0 aliphatic heterocycles. The average molecular weight is 282 g/mol. The molecule has 0 aromatic heterocycles. The average Bonchev–Trinajstić information content (AvgIpc) is 2.44. The third kappa shape index (κ3) is 6.23. The first-order valence-electron chi connectivity index (χ1n) is 6.87. The van der Waals surface area contributed by atoms with E-state index in [1.54, 1.807) is 14.2 Å². The Bertz CT molecular complexity index is 357. The number of nitrogens with two attached hydrogens (primary N) is 1. The van der Waals surface area contributed by atoms with Crippen LogP contribution in [0.5, 0.6) is 5.75 Å². The molecule has 5 nitrogen and oxygen atoms in total. The minimum atomic E-state index is 0.338. The lowest BCUT2D eigenvalue weighted by molar-refractivity contribution is 0.0662. The van der Waals surface area contributed by atoms with Gasteiger partial charge in [0.15, 0.2) is 0 Å². The van der Waals surface area contributed by atoms with Crippen LogP contribution in [-0.4, -0.2) is 58.1 Å². The van der Waals surface area contributed by atoms with E-state index in [9.17, 15) is 0 Å². The van der Waals surface area contributed by atoms with Gasteiger partial charge in [-0.05, 0) is 31.2 Å². The molecule has 1 aromatic rings. The fourth-order valence-corrected chi connectivity index (χ4v) is 1.95. The predicted molar refractivity (Wildman–Crippen MR) is 81.1 cm³/mol. The van der Waals surface area contributed by atoms with E-state index >= 15 is 0 Å². The molecular weight excluding hydrogens is 256 g/mol. The van der Waals surface area contributed by atoms with Gasteiger partial charge in [-0.3, -0.25) is 4.90 Å². The van der Waals surface area contributed by atoms with Crippen LogP contribution >= 0.6 is 0 Å². The van der Waals surface area contributed by atoms with Gasteiger partial charge < -0.3 is 19.9 Å². The van der Waals surface area contributed by atoms with Crippen LogP contribution < -0.4 is 10.5 Å². The van der Waals surface area contributed by atoms with Crippen molar-refractivity contribution in [2.75, 3.05) is 52.9 Å². The summed E-state index contributed by atoms with van der Waals surface area (Å²) in [4.78, 5) is 2.30. The van der Waals surface area contributed by atoms with Crippen molar-refractivity contribution >= 4 is 5.69 Å². The zero-order valence-corrected chi connectivity index (χ0v) is 12.7. The Morgan fingerprint density at radius 3 is 2.30 bits per heavy atom. The highest BCUT2D eigenvalue weighted by Crippen LogP contribution is 2.13. The summed E-state index contributed by atoms with van der Waals surface area (Å²) in [7, 11) is 3.43. The summed E-state index contributed by atoms with van der Waals surface area (Å²) in [5.41, 5.74) is 6.38. The topological polar surface area (TPSA) is 57.0 Å². The van der Waals surface area contributed by atoms with Gasteiger partial charge in [-0.25, -0.2) is 0 Å². The van der Waals surface area contributed by atoms with Gasteiger partial charge in [0.1, 0.15) is 12.4 Å². The molecule has 1 atom stereocenters. The van der Waals surface area contributed by atoms with Gasteiger partial charge in [0.25, 0.3) is 0 Å². The number of benzene rings is 1. The molecule has 2 N–H and O–H groups in total. The lowest BCUT2D eigenvalue weighted by Crippen LogP contribution is -2.41. The van der Waals surface area contributed by atoms with E-state index in [4.69, 9.17) is 19.9 Å². The molecule has 114 valence electrons. The van der Waals surface area contributed by atoms with Crippen LogP contribution in [0.2, 0.25) is 0 Å². The maximum atomic E-state index is 5.72. The fourth-order valence-electron chi connectivity index (χ4n) is 1.95. The molecule has 0 aliphatic carbocycles. The van der Waals surface area contributed by atoms with Gasteiger partial charge in [0.2, 0.25) is 0 Å². The quantitative estimate of drug-likeness (QED) is 0.661. The highest BCUT2D eigenvalue weighted by atomic mass is 16.5. The molecule has 0 bridgehead atoms. The lowest BCUT2D eigenvalue weighted by atomic mass is 10.3. The summed E-state index contributed by atoms with van der Waals surface area (Å²) < 4.78 is 16.1. The van der Waals surface area contributed by atoms with Crippen molar-refractivity contribution in [2.24, 2.45) is 0 Å². The number of nitrogens with zero attached hydrogens (tertiary/aromatic N) is 1. The largest absolute Gasteiger partial charge is 0.492 e. The van der Waals surface area contributed by atoms with Crippen LogP contribution in [0.1, 0.15) is 6.92 Å². The van der Waals surface area contributed by atoms with Gasteiger partial charge in [-0.2, -0.15) is 0 Å². The Morgan fingerprint density at radius 2 is 1.70 bits per heavy atom. The first kappa shape index (κ1) is 16.8. The fraction of sp³-hybridized carbons (Fsp3) is 0.600. The first-order chi connectivity index (χ1) is 9.67. The van der Waals surface area contributed by atoms with Crippen LogP contribution in [-0.2, 0) is 9.47 Å². The van der Waals surface area contributed by atoms with E-state index in [0.717, 1.165) is 24.5 Å². The smallest absolute Gasteiger partial charge is 0.119 e. The number of methoxy groups -OCH3 is 2. The summed E-state index contributed by atoms with van der Waals surface area (Å²) in [5, 5.41) is 0. The van der Waals surface area contributed by atoms with Crippen molar-refractivity contribution in [3.63, 3.8) is 0 Å². The Morgan fingerprint density at radius 1 is 1.05 bits per heavy atom. The molecule has 0 radical (unpaired) electrons. The summed E-state index contributed by atoms with van der Waals surface area (Å²) in [6.45, 7) is 5.87. The normalized spacial score (nSPS) is 12.6. The molecule has 0 heterocycles. The lowest BCUT2D eigenvalue weighted by Gasteiger charge is -2.28. The molecule has 1 unspecified atom stereocenters. The molecule has 0 aliphatic rings. The predicted octanol–water partition coefficient (Wildman–Crippen LogP) is 1.63. The SMILES string of the molecule is COCCN(CCOc1ccc(N)cc1)C(C)COC. The maximum absolute atomic E-state index is 5.72. The van der Waals surface area contributed by atoms with E-state index < -0.39 is 0 Å². The van der Waals surface area contributed by atoms with E-state index in [1.807, 2.05) is 24.3 Å². The Hall–Kier alpha value is -1.30. The van der Waals surface area contributed by atoms with Gasteiger partial charge in [-0.15, -0.1) is 0 Å². The van der Waals surface area contributed by atoms with Crippen LogP contribution in [0, 0.1) is 0 Å². The van der Waals surface area contributed by atoms with Gasteiger partial charge >= 0.3 is 0 Å². The van der Waals surface area contributed by atoms with Crippen molar-refractivity contribution in [2.45, 2.75) is 13.0 Å². The number of hydrogen-bond donors (Lipinski definition) is 1. The van der Waals surface area contributed by atoms with Crippen molar-refractivity contribution in [1.82, 2.24) is 4.90 Å². The van der Waals surface area contributed by atoms with Gasteiger partial charge in [0.05, 0.1) is 13.2 Å². The van der Waals surface area contributed by atoms with E-state index in [2.05, 4.69) is 11.8 Å². The second-order valence-corrected chi connectivity index (χ2v) is 4.75. The summed E-state index contributed by atoms with van der Waals surface area (Å²) in [6.07, 6.45) is 0. The van der Waals surface area contributed by atoms with Crippen molar-refractivity contribution in [1.29, 1.82) is 0 Å². The Labute approximate surface area is 121 Å². The zero-order chi connectivity index (χ0) is 14.8. The number of ether oxygens (including phenoxy) is 3. The summed E-state index contributed by atoms with van der Waals surface area (Å²) >= 11 is 0. The second-order valence-electron chi connectivity index (χ2n) is 4.75.